The van der Waals surface area contributed by atoms with E-state index in [1.165, 1.54) is 62.0 Å². The predicted molar refractivity (Wildman–Crippen MR) is 192 cm³/mol. The first-order chi connectivity index (χ1) is 20.6. The Morgan fingerprint density at radius 3 is 1.18 bits per heavy atom. The first kappa shape index (κ1) is 33.8. The second-order valence-electron chi connectivity index (χ2n) is 13.6. The van der Waals surface area contributed by atoms with Crippen molar-refractivity contribution in [1.29, 1.82) is 0 Å². The van der Waals surface area contributed by atoms with Crippen LogP contribution in [0.4, 0.5) is 0 Å². The molecule has 44 heavy (non-hydrogen) atoms. The standard InChI is InChI=1S/C18H22N2S.C14H16N4S.C4H10/c1-9(2)15-13-7-11(5)12(6)8-14(13)16(10(3)4)18-17(15)19-21-20-18;1-6(2)10-13-11(15-8(4)9(5)16-13)7(3)12-14(10)18-19-17-12;1-4(2)3/h7-10H,1-6H3;6H,1-5H3;4H,1-3H3. The summed E-state index contributed by atoms with van der Waals surface area (Å²) < 4.78 is 18.1. The minimum absolute atomic E-state index is 0.353. The van der Waals surface area contributed by atoms with E-state index >= 15 is 0 Å². The fourth-order valence-electron chi connectivity index (χ4n) is 5.66. The zero-order valence-corrected chi connectivity index (χ0v) is 30.6. The Morgan fingerprint density at radius 1 is 0.455 bits per heavy atom. The molecule has 0 aliphatic rings. The van der Waals surface area contributed by atoms with Crippen LogP contribution in [0.15, 0.2) is 12.1 Å². The lowest BCUT2D eigenvalue weighted by molar-refractivity contribution is 0.737. The van der Waals surface area contributed by atoms with Crippen molar-refractivity contribution in [2.24, 2.45) is 5.92 Å². The van der Waals surface area contributed by atoms with E-state index in [1.54, 1.807) is 0 Å². The smallest absolute Gasteiger partial charge is 0.110 e. The molecule has 0 saturated carbocycles. The first-order valence-corrected chi connectivity index (χ1v) is 17.2. The lowest BCUT2D eigenvalue weighted by atomic mass is 9.86. The van der Waals surface area contributed by atoms with Crippen molar-refractivity contribution in [3.05, 3.63) is 56.9 Å². The maximum atomic E-state index is 4.76. The van der Waals surface area contributed by atoms with E-state index in [9.17, 15) is 0 Å². The molecule has 6 nitrogen and oxygen atoms in total. The maximum absolute atomic E-state index is 4.76. The van der Waals surface area contributed by atoms with E-state index in [4.69, 9.17) is 9.97 Å². The molecule has 0 radical (unpaired) electrons. The Bertz CT molecular complexity index is 1880. The van der Waals surface area contributed by atoms with E-state index in [-0.39, 0.29) is 0 Å². The summed E-state index contributed by atoms with van der Waals surface area (Å²) in [6, 6.07) is 4.68. The van der Waals surface area contributed by atoms with E-state index < -0.39 is 0 Å². The number of rotatable bonds is 3. The highest BCUT2D eigenvalue weighted by atomic mass is 32.1. The van der Waals surface area contributed by atoms with Crippen LogP contribution in [0.25, 0.3) is 43.9 Å². The van der Waals surface area contributed by atoms with E-state index in [2.05, 4.69) is 113 Å². The monoisotopic (exact) mass is 628 g/mol. The molecule has 0 bridgehead atoms. The number of hydrogen-bond donors (Lipinski definition) is 0. The molecule has 0 aliphatic heterocycles. The van der Waals surface area contributed by atoms with Gasteiger partial charge in [-0.05, 0) is 91.3 Å². The number of aromatic nitrogens is 6. The third-order valence-corrected chi connectivity index (χ3v) is 9.02. The van der Waals surface area contributed by atoms with Crippen LogP contribution in [-0.2, 0) is 0 Å². The van der Waals surface area contributed by atoms with E-state index in [0.717, 1.165) is 56.0 Å². The van der Waals surface area contributed by atoms with Gasteiger partial charge in [-0.15, -0.1) is 0 Å². The highest BCUT2D eigenvalue weighted by molar-refractivity contribution is 7.00. The van der Waals surface area contributed by atoms with Gasteiger partial charge in [0.2, 0.25) is 0 Å². The molecule has 0 N–H and O–H groups in total. The van der Waals surface area contributed by atoms with Crippen molar-refractivity contribution in [2.45, 2.75) is 115 Å². The highest BCUT2D eigenvalue weighted by Gasteiger charge is 2.22. The second-order valence-corrected chi connectivity index (χ2v) is 14.6. The second kappa shape index (κ2) is 13.5. The van der Waals surface area contributed by atoms with Gasteiger partial charge in [0, 0.05) is 11.1 Å². The Hall–Kier alpha value is -3.10. The van der Waals surface area contributed by atoms with Crippen LogP contribution in [0.5, 0.6) is 0 Å². The summed E-state index contributed by atoms with van der Waals surface area (Å²) in [5.74, 6) is 2.08. The lowest BCUT2D eigenvalue weighted by Crippen LogP contribution is -2.02. The third-order valence-electron chi connectivity index (χ3n) is 7.96. The Labute approximate surface area is 271 Å². The van der Waals surface area contributed by atoms with Crippen LogP contribution in [0.2, 0.25) is 0 Å². The molecule has 0 aliphatic carbocycles. The van der Waals surface area contributed by atoms with Crippen LogP contribution >= 0.6 is 23.5 Å². The molecule has 0 fully saturated rings. The molecule has 6 aromatic rings. The molecule has 3 heterocycles. The summed E-state index contributed by atoms with van der Waals surface area (Å²) in [5, 5.41) is 2.72. The Morgan fingerprint density at radius 2 is 0.795 bits per heavy atom. The van der Waals surface area contributed by atoms with Gasteiger partial charge in [0.05, 0.1) is 45.9 Å². The summed E-state index contributed by atoms with van der Waals surface area (Å²) in [5.41, 5.74) is 15.7. The van der Waals surface area contributed by atoms with E-state index in [0.29, 0.717) is 17.8 Å². The third kappa shape index (κ3) is 6.47. The fraction of sp³-hybridized carbons (Fsp3) is 0.500. The molecule has 3 aromatic carbocycles. The molecular weight excluding hydrogens is 581 g/mol. The minimum Gasteiger partial charge on any atom is -0.249 e. The van der Waals surface area contributed by atoms with E-state index in [1.807, 2.05) is 13.8 Å². The van der Waals surface area contributed by atoms with Gasteiger partial charge >= 0.3 is 0 Å². The Balaban J connectivity index is 0.000000180. The zero-order chi connectivity index (χ0) is 32.6. The summed E-state index contributed by atoms with van der Waals surface area (Å²) in [6.45, 7) is 30.3. The molecule has 0 spiro atoms. The number of aryl methyl sites for hydroxylation is 5. The molecule has 0 saturated heterocycles. The quantitative estimate of drug-likeness (QED) is 0.194. The molecule has 6 rings (SSSR count). The van der Waals surface area contributed by atoms with Gasteiger partial charge in [0.15, 0.2) is 0 Å². The average molecular weight is 629 g/mol. The van der Waals surface area contributed by atoms with Gasteiger partial charge in [-0.2, -0.15) is 17.5 Å². The molecule has 0 amide bonds. The van der Waals surface area contributed by atoms with Gasteiger partial charge in [-0.3, -0.25) is 0 Å². The van der Waals surface area contributed by atoms with Crippen molar-refractivity contribution in [3.63, 3.8) is 0 Å². The Kier molecular flexibility index (Phi) is 10.4. The average Bonchev–Trinajstić information content (AvgIpc) is 3.59. The number of hydrogen-bond acceptors (Lipinski definition) is 8. The molecule has 3 aromatic heterocycles. The normalized spacial score (nSPS) is 11.8. The first-order valence-electron chi connectivity index (χ1n) is 15.7. The summed E-state index contributed by atoms with van der Waals surface area (Å²) in [4.78, 5) is 9.48. The molecule has 234 valence electrons. The SMILES string of the molecule is CC(C)C.Cc1cc2c(C(C)C)c3nsnc3c(C(C)C)c2cc1C.Cc1nc2c(C)c3nsnc3c(C(C)C)c2nc1C. The van der Waals surface area contributed by atoms with Crippen molar-refractivity contribution in [1.82, 2.24) is 27.5 Å². The van der Waals surface area contributed by atoms with Crippen molar-refractivity contribution in [2.75, 3.05) is 0 Å². The van der Waals surface area contributed by atoms with Gasteiger partial charge in [-0.25, -0.2) is 9.97 Å². The van der Waals surface area contributed by atoms with Crippen LogP contribution in [-0.4, -0.2) is 27.5 Å². The van der Waals surface area contributed by atoms with Gasteiger partial charge in [0.25, 0.3) is 0 Å². The van der Waals surface area contributed by atoms with Crippen LogP contribution in [0.3, 0.4) is 0 Å². The minimum atomic E-state index is 0.353. The number of benzene rings is 3. The lowest BCUT2D eigenvalue weighted by Gasteiger charge is -2.18. The zero-order valence-electron chi connectivity index (χ0n) is 29.0. The molecule has 8 heteroatoms. The maximum Gasteiger partial charge on any atom is 0.110 e. The predicted octanol–water partition coefficient (Wildman–Crippen LogP) is 11.1. The van der Waals surface area contributed by atoms with Gasteiger partial charge in [0.1, 0.15) is 22.1 Å². The van der Waals surface area contributed by atoms with Crippen molar-refractivity contribution < 1.29 is 0 Å². The fourth-order valence-corrected chi connectivity index (χ4v) is 6.85. The molecular formula is C36H48N6S2. The summed E-state index contributed by atoms with van der Waals surface area (Å²) in [6.07, 6.45) is 0. The topological polar surface area (TPSA) is 77.3 Å². The van der Waals surface area contributed by atoms with Crippen LogP contribution in [0, 0.1) is 40.5 Å². The van der Waals surface area contributed by atoms with Gasteiger partial charge in [-0.1, -0.05) is 74.4 Å². The van der Waals surface area contributed by atoms with Crippen LogP contribution in [0.1, 0.15) is 125 Å². The summed E-state index contributed by atoms with van der Waals surface area (Å²) >= 11 is 2.60. The van der Waals surface area contributed by atoms with Gasteiger partial charge < -0.3 is 0 Å². The summed E-state index contributed by atoms with van der Waals surface area (Å²) in [7, 11) is 0. The number of fused-ring (bicyclic) bond motifs is 4. The number of nitrogens with zero attached hydrogens (tertiary/aromatic N) is 6. The van der Waals surface area contributed by atoms with Crippen molar-refractivity contribution >= 4 is 67.3 Å². The van der Waals surface area contributed by atoms with Crippen LogP contribution < -0.4 is 0 Å². The molecule has 0 unspecified atom stereocenters. The largest absolute Gasteiger partial charge is 0.249 e. The highest BCUT2D eigenvalue weighted by Crippen LogP contribution is 2.40. The van der Waals surface area contributed by atoms with Crippen molar-refractivity contribution in [3.8, 4) is 0 Å². The molecule has 0 atom stereocenters.